The SMILES string of the molecule is COC(=O)c1cc2c(cc1Cl)CN=C2I. The van der Waals surface area contributed by atoms with E-state index < -0.39 is 5.97 Å². The zero-order valence-electron chi connectivity index (χ0n) is 7.88. The summed E-state index contributed by atoms with van der Waals surface area (Å²) in [4.78, 5) is 15.7. The minimum Gasteiger partial charge on any atom is -0.465 e. The number of halogens is 2. The highest BCUT2D eigenvalue weighted by Crippen LogP contribution is 2.28. The Bertz CT molecular complexity index is 471. The topological polar surface area (TPSA) is 38.7 Å². The Morgan fingerprint density at radius 3 is 3.00 bits per heavy atom. The number of hydrogen-bond acceptors (Lipinski definition) is 3. The van der Waals surface area contributed by atoms with Gasteiger partial charge in [0.25, 0.3) is 0 Å². The molecular formula is C10H7ClINO2. The van der Waals surface area contributed by atoms with Crippen LogP contribution in [0.1, 0.15) is 21.5 Å². The fourth-order valence-corrected chi connectivity index (χ4v) is 2.38. The van der Waals surface area contributed by atoms with Crippen molar-refractivity contribution < 1.29 is 9.53 Å². The molecule has 0 unspecified atom stereocenters. The number of benzene rings is 1. The molecule has 1 heterocycles. The van der Waals surface area contributed by atoms with Gasteiger partial charge in [-0.15, -0.1) is 0 Å². The first-order chi connectivity index (χ1) is 7.13. The third-order valence-corrected chi connectivity index (χ3v) is 3.44. The molecule has 0 bridgehead atoms. The van der Waals surface area contributed by atoms with Crippen LogP contribution in [0.2, 0.25) is 5.02 Å². The normalized spacial score (nSPS) is 13.4. The molecule has 0 N–H and O–H groups in total. The van der Waals surface area contributed by atoms with Crippen molar-refractivity contribution >= 4 is 43.9 Å². The summed E-state index contributed by atoms with van der Waals surface area (Å²) in [6.45, 7) is 0.634. The Labute approximate surface area is 106 Å². The van der Waals surface area contributed by atoms with Crippen LogP contribution >= 0.6 is 34.2 Å². The van der Waals surface area contributed by atoms with Crippen molar-refractivity contribution in [3.63, 3.8) is 0 Å². The van der Waals surface area contributed by atoms with E-state index in [2.05, 4.69) is 32.3 Å². The van der Waals surface area contributed by atoms with Crippen LogP contribution in [0.25, 0.3) is 0 Å². The Morgan fingerprint density at radius 1 is 1.60 bits per heavy atom. The molecule has 0 atom stereocenters. The highest BCUT2D eigenvalue weighted by molar-refractivity contribution is 14.1. The van der Waals surface area contributed by atoms with Gasteiger partial charge in [0.15, 0.2) is 0 Å². The van der Waals surface area contributed by atoms with Crippen molar-refractivity contribution in [2.45, 2.75) is 6.54 Å². The number of nitrogens with zero attached hydrogens (tertiary/aromatic N) is 1. The van der Waals surface area contributed by atoms with E-state index in [-0.39, 0.29) is 0 Å². The number of fused-ring (bicyclic) bond motifs is 1. The van der Waals surface area contributed by atoms with E-state index in [1.54, 1.807) is 12.1 Å². The van der Waals surface area contributed by atoms with E-state index in [4.69, 9.17) is 11.6 Å². The molecule has 0 aromatic heterocycles. The number of hydrogen-bond donors (Lipinski definition) is 0. The van der Waals surface area contributed by atoms with Crippen LogP contribution in [-0.4, -0.2) is 16.8 Å². The van der Waals surface area contributed by atoms with Crippen LogP contribution in [0.4, 0.5) is 0 Å². The molecule has 3 nitrogen and oxygen atoms in total. The summed E-state index contributed by atoms with van der Waals surface area (Å²) >= 11 is 8.12. The van der Waals surface area contributed by atoms with Gasteiger partial charge in [-0.25, -0.2) is 4.79 Å². The lowest BCUT2D eigenvalue weighted by Gasteiger charge is -2.05. The summed E-state index contributed by atoms with van der Waals surface area (Å²) in [7, 11) is 1.34. The molecule has 1 aromatic rings. The quantitative estimate of drug-likeness (QED) is 0.585. The fraction of sp³-hybridized carbons (Fsp3) is 0.200. The number of aliphatic imine (C=N–C) groups is 1. The Balaban J connectivity index is 2.54. The minimum absolute atomic E-state index is 0.393. The second-order valence-electron chi connectivity index (χ2n) is 3.09. The second kappa shape index (κ2) is 4.09. The van der Waals surface area contributed by atoms with Crippen LogP contribution in [0.15, 0.2) is 17.1 Å². The van der Waals surface area contributed by atoms with Gasteiger partial charge >= 0.3 is 5.97 Å². The van der Waals surface area contributed by atoms with Crippen molar-refractivity contribution in [2.24, 2.45) is 4.99 Å². The zero-order valence-corrected chi connectivity index (χ0v) is 10.8. The first-order valence-corrected chi connectivity index (χ1v) is 5.70. The van der Waals surface area contributed by atoms with Crippen molar-refractivity contribution in [3.8, 4) is 0 Å². The van der Waals surface area contributed by atoms with E-state index >= 15 is 0 Å². The third-order valence-electron chi connectivity index (χ3n) is 2.21. The molecule has 5 heteroatoms. The molecule has 15 heavy (non-hydrogen) atoms. The largest absolute Gasteiger partial charge is 0.465 e. The molecule has 0 fully saturated rings. The van der Waals surface area contributed by atoms with Crippen LogP contribution in [-0.2, 0) is 11.3 Å². The van der Waals surface area contributed by atoms with Gasteiger partial charge in [-0.3, -0.25) is 4.99 Å². The monoisotopic (exact) mass is 335 g/mol. The average molecular weight is 336 g/mol. The van der Waals surface area contributed by atoms with E-state index in [1.807, 2.05) is 0 Å². The number of methoxy groups -OCH3 is 1. The van der Waals surface area contributed by atoms with E-state index in [9.17, 15) is 4.79 Å². The average Bonchev–Trinajstić information content (AvgIpc) is 2.58. The van der Waals surface area contributed by atoms with Gasteiger partial charge in [-0.05, 0) is 40.3 Å². The molecule has 1 aromatic carbocycles. The highest BCUT2D eigenvalue weighted by atomic mass is 127. The first kappa shape index (κ1) is 10.9. The third kappa shape index (κ3) is 1.88. The van der Waals surface area contributed by atoms with E-state index in [0.29, 0.717) is 17.1 Å². The molecule has 2 rings (SSSR count). The van der Waals surface area contributed by atoms with Gasteiger partial charge in [0.1, 0.15) is 3.72 Å². The predicted molar refractivity (Wildman–Crippen MR) is 67.1 cm³/mol. The van der Waals surface area contributed by atoms with Crippen LogP contribution in [0, 0.1) is 0 Å². The van der Waals surface area contributed by atoms with Crippen molar-refractivity contribution in [2.75, 3.05) is 7.11 Å². The summed E-state index contributed by atoms with van der Waals surface area (Å²) in [6.07, 6.45) is 0. The van der Waals surface area contributed by atoms with E-state index in [1.165, 1.54) is 7.11 Å². The maximum atomic E-state index is 11.4. The summed E-state index contributed by atoms with van der Waals surface area (Å²) in [5.74, 6) is -0.418. The molecule has 0 saturated carbocycles. The number of carbonyl (C=O) groups is 1. The lowest BCUT2D eigenvalue weighted by molar-refractivity contribution is 0.0601. The van der Waals surface area contributed by atoms with Crippen molar-refractivity contribution in [1.82, 2.24) is 0 Å². The Hall–Kier alpha value is -0.620. The highest BCUT2D eigenvalue weighted by Gasteiger charge is 2.19. The molecule has 78 valence electrons. The fourth-order valence-electron chi connectivity index (χ4n) is 1.44. The van der Waals surface area contributed by atoms with Crippen LogP contribution in [0.3, 0.4) is 0 Å². The van der Waals surface area contributed by atoms with Gasteiger partial charge in [-0.1, -0.05) is 11.6 Å². The number of carbonyl (C=O) groups excluding carboxylic acids is 1. The number of esters is 1. The summed E-state index contributed by atoms with van der Waals surface area (Å²) in [6, 6.07) is 3.51. The van der Waals surface area contributed by atoms with Crippen LogP contribution < -0.4 is 0 Å². The molecule has 1 aliphatic rings. The second-order valence-corrected chi connectivity index (χ2v) is 4.52. The van der Waals surface area contributed by atoms with Gasteiger partial charge in [0.05, 0.1) is 24.2 Å². The molecule has 0 radical (unpaired) electrons. The summed E-state index contributed by atoms with van der Waals surface area (Å²) in [5.41, 5.74) is 2.42. The van der Waals surface area contributed by atoms with Gasteiger partial charge < -0.3 is 4.74 Å². The summed E-state index contributed by atoms with van der Waals surface area (Å²) in [5, 5.41) is 0.418. The lowest BCUT2D eigenvalue weighted by atomic mass is 10.1. The maximum absolute atomic E-state index is 11.4. The van der Waals surface area contributed by atoms with Gasteiger partial charge in [0, 0.05) is 5.56 Å². The summed E-state index contributed by atoms with van der Waals surface area (Å²) < 4.78 is 5.55. The first-order valence-electron chi connectivity index (χ1n) is 4.24. The van der Waals surface area contributed by atoms with Gasteiger partial charge in [0.2, 0.25) is 0 Å². The molecule has 0 amide bonds. The standard InChI is InChI=1S/C10H7ClINO2/c1-15-10(14)7-3-6-5(2-8(7)11)4-13-9(6)12/h2-3H,4H2,1H3. The smallest absolute Gasteiger partial charge is 0.339 e. The molecule has 0 saturated heterocycles. The Morgan fingerprint density at radius 2 is 2.33 bits per heavy atom. The zero-order chi connectivity index (χ0) is 11.0. The Kier molecular flexibility index (Phi) is 2.97. The van der Waals surface area contributed by atoms with E-state index in [0.717, 1.165) is 14.8 Å². The molecule has 0 spiro atoms. The van der Waals surface area contributed by atoms with Gasteiger partial charge in [-0.2, -0.15) is 0 Å². The predicted octanol–water partition coefficient (Wildman–Crippen LogP) is 2.82. The molecule has 0 aliphatic carbocycles. The minimum atomic E-state index is -0.418. The molecular weight excluding hydrogens is 328 g/mol. The lowest BCUT2D eigenvalue weighted by Crippen LogP contribution is -2.04. The number of ether oxygens (including phenoxy) is 1. The van der Waals surface area contributed by atoms with Crippen molar-refractivity contribution in [3.05, 3.63) is 33.8 Å². The van der Waals surface area contributed by atoms with Crippen LogP contribution in [0.5, 0.6) is 0 Å². The molecule has 1 aliphatic heterocycles. The maximum Gasteiger partial charge on any atom is 0.339 e. The number of rotatable bonds is 1. The van der Waals surface area contributed by atoms with Crippen molar-refractivity contribution in [1.29, 1.82) is 0 Å².